The number of phenolic OH excluding ortho intramolecular Hbond substituents is 1. The van der Waals surface area contributed by atoms with Crippen molar-refractivity contribution in [3.05, 3.63) is 102 Å². The highest BCUT2D eigenvalue weighted by atomic mass is 32.2. The Kier molecular flexibility index (Phi) is 12.0. The number of urea groups is 1. The number of fused-ring (bicyclic) bond motifs is 1. The summed E-state index contributed by atoms with van der Waals surface area (Å²) in [4.78, 5) is 35.3. The highest BCUT2D eigenvalue weighted by Gasteiger charge is 2.40. The standard InChI is InChI=1S/C39H49N5O6S/c1-26(2)24-44(51(49,50)32-15-16-35(45)28(5)19-32)34(21-29-11-7-6-8-12-29)36(46)23-41-38(47)37(27(3)4)43-18-17-42(39(43)48)25-30-20-31-13-9-10-14-33(31)40-22-30/h6-16,19-20,22,26-27,34,36-37,45-46H,17-18,21,23-25H2,1-5H3,(H,41,47)/t34?,36-,37+/m1/s1. The van der Waals surface area contributed by atoms with E-state index in [-0.39, 0.29) is 48.0 Å². The molecule has 0 spiro atoms. The molecule has 1 fully saturated rings. The van der Waals surface area contributed by atoms with Gasteiger partial charge in [-0.1, -0.05) is 76.2 Å². The van der Waals surface area contributed by atoms with E-state index in [1.807, 2.05) is 88.4 Å². The van der Waals surface area contributed by atoms with E-state index >= 15 is 0 Å². The Morgan fingerprint density at radius 3 is 2.35 bits per heavy atom. The third-order valence-corrected chi connectivity index (χ3v) is 11.2. The number of nitrogens with one attached hydrogen (secondary N) is 1. The van der Waals surface area contributed by atoms with Crippen LogP contribution in [0, 0.1) is 18.8 Å². The number of pyridine rings is 1. The van der Waals surface area contributed by atoms with Gasteiger partial charge >= 0.3 is 6.03 Å². The van der Waals surface area contributed by atoms with Gasteiger partial charge in [-0.25, -0.2) is 13.2 Å². The smallest absolute Gasteiger partial charge is 0.321 e. The molecule has 1 aliphatic heterocycles. The molecule has 1 aromatic heterocycles. The lowest BCUT2D eigenvalue weighted by Crippen LogP contribution is -2.56. The number of amides is 3. The van der Waals surface area contributed by atoms with E-state index in [1.54, 1.807) is 22.9 Å². The summed E-state index contributed by atoms with van der Waals surface area (Å²) in [6.45, 7) is 10.2. The number of aliphatic hydroxyl groups excluding tert-OH is 1. The van der Waals surface area contributed by atoms with Crippen LogP contribution in [0.4, 0.5) is 4.79 Å². The second-order valence-electron chi connectivity index (χ2n) is 14.1. The molecular weight excluding hydrogens is 667 g/mol. The van der Waals surface area contributed by atoms with E-state index in [0.29, 0.717) is 25.2 Å². The number of rotatable bonds is 15. The Morgan fingerprint density at radius 2 is 1.67 bits per heavy atom. The predicted octanol–water partition coefficient (Wildman–Crippen LogP) is 4.95. The number of aryl methyl sites for hydroxylation is 1. The molecule has 4 aromatic rings. The summed E-state index contributed by atoms with van der Waals surface area (Å²) < 4.78 is 29.8. The quantitative estimate of drug-likeness (QED) is 0.158. The lowest BCUT2D eigenvalue weighted by molar-refractivity contribution is -0.127. The predicted molar refractivity (Wildman–Crippen MR) is 197 cm³/mol. The average Bonchev–Trinajstić information content (AvgIpc) is 3.44. The van der Waals surface area contributed by atoms with Crippen molar-refractivity contribution in [1.82, 2.24) is 24.4 Å². The Balaban J connectivity index is 1.34. The van der Waals surface area contributed by atoms with E-state index in [2.05, 4.69) is 10.3 Å². The highest BCUT2D eigenvalue weighted by molar-refractivity contribution is 7.89. The fourth-order valence-corrected chi connectivity index (χ4v) is 8.56. The number of para-hydroxylation sites is 1. The maximum Gasteiger partial charge on any atom is 0.321 e. The molecule has 3 aromatic carbocycles. The summed E-state index contributed by atoms with van der Waals surface area (Å²) in [5.41, 5.74) is 3.01. The van der Waals surface area contributed by atoms with Gasteiger partial charge in [-0.05, 0) is 72.2 Å². The molecule has 5 rings (SSSR count). The third-order valence-electron chi connectivity index (χ3n) is 9.29. The summed E-state index contributed by atoms with van der Waals surface area (Å²) in [6, 6.07) is 21.3. The fraction of sp³-hybridized carbons (Fsp3) is 0.410. The number of aromatic hydroxyl groups is 1. The molecular formula is C39H49N5O6S. The minimum Gasteiger partial charge on any atom is -0.508 e. The maximum absolute atomic E-state index is 14.2. The van der Waals surface area contributed by atoms with Gasteiger partial charge in [-0.2, -0.15) is 4.31 Å². The monoisotopic (exact) mass is 715 g/mol. The molecule has 11 nitrogen and oxygen atoms in total. The second kappa shape index (κ2) is 16.2. The molecule has 0 saturated carbocycles. The van der Waals surface area contributed by atoms with E-state index in [9.17, 15) is 28.2 Å². The number of hydrogen-bond donors (Lipinski definition) is 3. The van der Waals surface area contributed by atoms with Crippen LogP contribution in [-0.4, -0.2) is 94.0 Å². The minimum atomic E-state index is -4.15. The minimum absolute atomic E-state index is 0.00388. The van der Waals surface area contributed by atoms with Gasteiger partial charge in [0, 0.05) is 44.3 Å². The molecule has 3 amide bonds. The van der Waals surface area contributed by atoms with Gasteiger partial charge in [0.25, 0.3) is 0 Å². The first-order chi connectivity index (χ1) is 24.3. The van der Waals surface area contributed by atoms with E-state index < -0.39 is 34.1 Å². The molecule has 3 N–H and O–H groups in total. The Labute approximate surface area is 301 Å². The first kappa shape index (κ1) is 37.7. The summed E-state index contributed by atoms with van der Waals surface area (Å²) in [7, 11) is -4.15. The number of sulfonamides is 1. The van der Waals surface area contributed by atoms with Gasteiger partial charge < -0.3 is 25.3 Å². The lowest BCUT2D eigenvalue weighted by atomic mass is 9.99. The zero-order valence-electron chi connectivity index (χ0n) is 29.9. The van der Waals surface area contributed by atoms with Crippen LogP contribution < -0.4 is 5.32 Å². The van der Waals surface area contributed by atoms with Crippen molar-refractivity contribution in [2.24, 2.45) is 11.8 Å². The van der Waals surface area contributed by atoms with Gasteiger partial charge in [0.2, 0.25) is 15.9 Å². The van der Waals surface area contributed by atoms with Crippen LogP contribution in [0.15, 0.2) is 90.0 Å². The molecule has 3 atom stereocenters. The molecule has 272 valence electrons. The Bertz CT molecular complexity index is 1940. The lowest BCUT2D eigenvalue weighted by Gasteiger charge is -2.36. The van der Waals surface area contributed by atoms with Crippen LogP contribution in [0.1, 0.15) is 44.4 Å². The number of benzene rings is 3. The molecule has 0 radical (unpaired) electrons. The zero-order valence-corrected chi connectivity index (χ0v) is 30.8. The zero-order chi connectivity index (χ0) is 36.9. The summed E-state index contributed by atoms with van der Waals surface area (Å²) in [5.74, 6) is -0.752. The molecule has 0 aliphatic carbocycles. The van der Waals surface area contributed by atoms with Gasteiger partial charge in [-0.15, -0.1) is 0 Å². The number of aliphatic hydroxyl groups is 1. The molecule has 1 aliphatic rings. The van der Waals surface area contributed by atoms with Crippen LogP contribution in [0.2, 0.25) is 0 Å². The summed E-state index contributed by atoms with van der Waals surface area (Å²) in [6.07, 6.45) is 0.668. The van der Waals surface area contributed by atoms with Crippen molar-refractivity contribution in [3.8, 4) is 5.75 Å². The van der Waals surface area contributed by atoms with Crippen LogP contribution in [0.3, 0.4) is 0 Å². The molecule has 1 unspecified atom stereocenters. The van der Waals surface area contributed by atoms with Gasteiger partial charge in [0.05, 0.1) is 22.6 Å². The van der Waals surface area contributed by atoms with Crippen molar-refractivity contribution in [2.45, 2.75) is 70.7 Å². The van der Waals surface area contributed by atoms with Crippen molar-refractivity contribution >= 4 is 32.9 Å². The van der Waals surface area contributed by atoms with Crippen LogP contribution in [0.25, 0.3) is 10.9 Å². The summed E-state index contributed by atoms with van der Waals surface area (Å²) >= 11 is 0. The Morgan fingerprint density at radius 1 is 0.961 bits per heavy atom. The van der Waals surface area contributed by atoms with Crippen LogP contribution in [-0.2, 0) is 27.8 Å². The maximum atomic E-state index is 14.2. The topological polar surface area (TPSA) is 143 Å². The second-order valence-corrected chi connectivity index (χ2v) is 16.0. The SMILES string of the molecule is Cc1cc(S(=O)(=O)N(CC(C)C)C(Cc2ccccc2)[C@H](O)CNC(=O)[C@H](C(C)C)N2CCN(Cc3cnc4ccccc4c3)C2=O)ccc1O. The largest absolute Gasteiger partial charge is 0.508 e. The van der Waals surface area contributed by atoms with E-state index in [0.717, 1.165) is 22.0 Å². The molecule has 2 heterocycles. The molecule has 0 bridgehead atoms. The number of hydrogen-bond acceptors (Lipinski definition) is 7. The van der Waals surface area contributed by atoms with Gasteiger partial charge in [0.1, 0.15) is 11.8 Å². The first-order valence-electron chi connectivity index (χ1n) is 17.5. The number of phenols is 1. The average molecular weight is 716 g/mol. The molecule has 1 saturated heterocycles. The van der Waals surface area contributed by atoms with Gasteiger partial charge in [-0.3, -0.25) is 9.78 Å². The van der Waals surface area contributed by atoms with Crippen LogP contribution >= 0.6 is 0 Å². The summed E-state index contributed by atoms with van der Waals surface area (Å²) in [5, 5.41) is 25.7. The molecule has 12 heteroatoms. The number of nitrogens with zero attached hydrogens (tertiary/aromatic N) is 4. The normalized spacial score (nSPS) is 15.6. The first-order valence-corrected chi connectivity index (χ1v) is 18.9. The van der Waals surface area contributed by atoms with Crippen molar-refractivity contribution in [2.75, 3.05) is 26.2 Å². The number of carbonyl (C=O) groups excluding carboxylic acids is 2. The Hall–Kier alpha value is -4.52. The highest BCUT2D eigenvalue weighted by Crippen LogP contribution is 2.28. The van der Waals surface area contributed by atoms with Crippen molar-refractivity contribution < 1.29 is 28.2 Å². The van der Waals surface area contributed by atoms with Gasteiger partial charge in [0.15, 0.2) is 0 Å². The third kappa shape index (κ3) is 8.87. The van der Waals surface area contributed by atoms with E-state index in [1.165, 1.54) is 22.5 Å². The fourth-order valence-electron chi connectivity index (χ4n) is 6.66. The van der Waals surface area contributed by atoms with E-state index in [4.69, 9.17) is 0 Å². The van der Waals surface area contributed by atoms with Crippen molar-refractivity contribution in [3.63, 3.8) is 0 Å². The number of carbonyl (C=O) groups is 2. The number of aromatic nitrogens is 1. The van der Waals surface area contributed by atoms with Crippen molar-refractivity contribution in [1.29, 1.82) is 0 Å². The molecule has 51 heavy (non-hydrogen) atoms. The van der Waals surface area contributed by atoms with Crippen LogP contribution in [0.5, 0.6) is 5.75 Å².